The van der Waals surface area contributed by atoms with E-state index >= 15 is 0 Å². The maximum Gasteiger partial charge on any atom is 0.338 e. The molecule has 0 aliphatic heterocycles. The zero-order valence-corrected chi connectivity index (χ0v) is 12.0. The van der Waals surface area contributed by atoms with Gasteiger partial charge in [-0.2, -0.15) is 0 Å². The molecule has 0 saturated carbocycles. The molecule has 0 spiro atoms. The van der Waals surface area contributed by atoms with Gasteiger partial charge in [0.1, 0.15) is 18.6 Å². The van der Waals surface area contributed by atoms with Crippen molar-refractivity contribution in [2.45, 2.75) is 13.1 Å². The van der Waals surface area contributed by atoms with Crippen LogP contribution in [0.1, 0.15) is 17.3 Å². The number of benzene rings is 2. The summed E-state index contributed by atoms with van der Waals surface area (Å²) >= 11 is 0. The van der Waals surface area contributed by atoms with Crippen LogP contribution in [0.2, 0.25) is 0 Å². The Labute approximate surface area is 126 Å². The first-order chi connectivity index (χ1) is 10.6. The highest BCUT2D eigenvalue weighted by molar-refractivity contribution is 5.94. The van der Waals surface area contributed by atoms with Gasteiger partial charge in [-0.15, -0.1) is 0 Å². The summed E-state index contributed by atoms with van der Waals surface area (Å²) in [5.74, 6) is 0.195. The average Bonchev–Trinajstić information content (AvgIpc) is 2.96. The predicted octanol–water partition coefficient (Wildman–Crippen LogP) is 3.74. The van der Waals surface area contributed by atoms with Crippen molar-refractivity contribution in [2.24, 2.45) is 0 Å². The molecule has 1 atom stereocenters. The molecule has 2 aromatic carbocycles. The number of aromatic amines is 1. The van der Waals surface area contributed by atoms with Crippen LogP contribution in [0.25, 0.3) is 22.4 Å². The van der Waals surface area contributed by atoms with Gasteiger partial charge in [-0.05, 0) is 25.1 Å². The van der Waals surface area contributed by atoms with Crippen LogP contribution in [0.3, 0.4) is 0 Å². The Kier molecular flexibility index (Phi) is 3.87. The van der Waals surface area contributed by atoms with Crippen molar-refractivity contribution in [1.29, 1.82) is 0 Å². The molecule has 3 aromatic rings. The van der Waals surface area contributed by atoms with Gasteiger partial charge in [-0.1, -0.05) is 30.3 Å². The van der Waals surface area contributed by atoms with Crippen LogP contribution in [-0.4, -0.2) is 28.7 Å². The summed E-state index contributed by atoms with van der Waals surface area (Å²) in [4.78, 5) is 19.5. The summed E-state index contributed by atoms with van der Waals surface area (Å²) in [7, 11) is 0. The number of hydrogen-bond donors (Lipinski definition) is 1. The zero-order chi connectivity index (χ0) is 15.5. The lowest BCUT2D eigenvalue weighted by Crippen LogP contribution is -2.12. The number of halogens is 1. The maximum atomic E-state index is 12.7. The second-order valence-electron chi connectivity index (χ2n) is 5.06. The fraction of sp³-hybridized carbons (Fsp3) is 0.176. The van der Waals surface area contributed by atoms with E-state index in [1.807, 2.05) is 30.3 Å². The van der Waals surface area contributed by atoms with E-state index in [1.54, 1.807) is 18.2 Å². The second-order valence-corrected chi connectivity index (χ2v) is 5.06. The fourth-order valence-corrected chi connectivity index (χ4v) is 2.14. The van der Waals surface area contributed by atoms with Crippen molar-refractivity contribution >= 4 is 17.0 Å². The monoisotopic (exact) mass is 298 g/mol. The van der Waals surface area contributed by atoms with Crippen LogP contribution in [0.4, 0.5) is 4.39 Å². The lowest BCUT2D eigenvalue weighted by Gasteiger charge is -2.04. The van der Waals surface area contributed by atoms with E-state index in [9.17, 15) is 9.18 Å². The molecule has 0 aliphatic rings. The Morgan fingerprint density at radius 1 is 1.27 bits per heavy atom. The normalized spacial score (nSPS) is 12.3. The van der Waals surface area contributed by atoms with Crippen LogP contribution in [0.5, 0.6) is 0 Å². The number of alkyl halides is 1. The minimum absolute atomic E-state index is 0.241. The largest absolute Gasteiger partial charge is 0.459 e. The Bertz CT molecular complexity index is 797. The third-order valence-electron chi connectivity index (χ3n) is 3.21. The molecule has 0 bridgehead atoms. The van der Waals surface area contributed by atoms with Crippen LogP contribution >= 0.6 is 0 Å². The summed E-state index contributed by atoms with van der Waals surface area (Å²) in [5.41, 5.74) is 2.83. The summed E-state index contributed by atoms with van der Waals surface area (Å²) in [5, 5.41) is 0. The van der Waals surface area contributed by atoms with Gasteiger partial charge in [0, 0.05) is 5.56 Å². The number of aromatic nitrogens is 2. The number of carbonyl (C=O) groups excluding carboxylic acids is 1. The molecule has 112 valence electrons. The lowest BCUT2D eigenvalue weighted by molar-refractivity contribution is 0.0416. The number of fused-ring (bicyclic) bond motifs is 1. The van der Waals surface area contributed by atoms with Gasteiger partial charge in [0.05, 0.1) is 16.6 Å². The Morgan fingerprint density at radius 3 is 2.77 bits per heavy atom. The summed E-state index contributed by atoms with van der Waals surface area (Å²) in [6, 6.07) is 14.8. The second kappa shape index (κ2) is 5.97. The molecule has 0 radical (unpaired) electrons. The number of hydrogen-bond acceptors (Lipinski definition) is 3. The standard InChI is InChI=1S/C17H15FN2O2/c1-11(18)10-22-17(21)13-7-8-14-15(9-13)20-16(19-14)12-5-3-2-4-6-12/h2-9,11H,10H2,1H3,(H,19,20). The molecule has 0 fully saturated rings. The molecule has 0 amide bonds. The van der Waals surface area contributed by atoms with E-state index in [0.717, 1.165) is 22.4 Å². The van der Waals surface area contributed by atoms with Crippen molar-refractivity contribution in [3.63, 3.8) is 0 Å². The molecule has 0 saturated heterocycles. The summed E-state index contributed by atoms with van der Waals surface area (Å²) in [6.45, 7) is 1.10. The first kappa shape index (κ1) is 14.3. The molecular weight excluding hydrogens is 283 g/mol. The molecule has 1 N–H and O–H groups in total. The Morgan fingerprint density at radius 2 is 2.05 bits per heavy atom. The molecule has 5 heteroatoms. The molecule has 0 aliphatic carbocycles. The van der Waals surface area contributed by atoms with Crippen molar-refractivity contribution < 1.29 is 13.9 Å². The van der Waals surface area contributed by atoms with Crippen LogP contribution in [0, 0.1) is 0 Å². The maximum absolute atomic E-state index is 12.7. The quantitative estimate of drug-likeness (QED) is 0.746. The van der Waals surface area contributed by atoms with Gasteiger partial charge in [0.15, 0.2) is 0 Å². The van der Waals surface area contributed by atoms with E-state index in [1.165, 1.54) is 6.92 Å². The number of nitrogens with zero attached hydrogens (tertiary/aromatic N) is 1. The third-order valence-corrected chi connectivity index (χ3v) is 3.21. The van der Waals surface area contributed by atoms with E-state index in [0.29, 0.717) is 5.56 Å². The SMILES string of the molecule is CC(F)COC(=O)c1ccc2nc(-c3ccccc3)[nH]c2c1. The minimum atomic E-state index is -1.18. The van der Waals surface area contributed by atoms with E-state index in [-0.39, 0.29) is 6.61 Å². The van der Waals surface area contributed by atoms with Crippen molar-refractivity contribution in [2.75, 3.05) is 6.61 Å². The fourth-order valence-electron chi connectivity index (χ4n) is 2.14. The molecule has 22 heavy (non-hydrogen) atoms. The van der Waals surface area contributed by atoms with Gasteiger partial charge in [-0.3, -0.25) is 0 Å². The van der Waals surface area contributed by atoms with Gasteiger partial charge < -0.3 is 9.72 Å². The van der Waals surface area contributed by atoms with Gasteiger partial charge in [-0.25, -0.2) is 14.2 Å². The van der Waals surface area contributed by atoms with Crippen LogP contribution in [0.15, 0.2) is 48.5 Å². The highest BCUT2D eigenvalue weighted by atomic mass is 19.1. The van der Waals surface area contributed by atoms with E-state index in [2.05, 4.69) is 9.97 Å². The molecule has 3 rings (SSSR count). The van der Waals surface area contributed by atoms with Crippen molar-refractivity contribution in [3.8, 4) is 11.4 Å². The lowest BCUT2D eigenvalue weighted by atomic mass is 10.2. The predicted molar refractivity (Wildman–Crippen MR) is 82.4 cm³/mol. The first-order valence-corrected chi connectivity index (χ1v) is 7.00. The van der Waals surface area contributed by atoms with Gasteiger partial charge in [0.25, 0.3) is 0 Å². The Balaban J connectivity index is 1.89. The number of imidazole rings is 1. The highest BCUT2D eigenvalue weighted by Gasteiger charge is 2.12. The Hall–Kier alpha value is -2.69. The third kappa shape index (κ3) is 2.98. The number of rotatable bonds is 4. The minimum Gasteiger partial charge on any atom is -0.459 e. The summed E-state index contributed by atoms with van der Waals surface area (Å²) in [6.07, 6.45) is -1.18. The number of nitrogens with one attached hydrogen (secondary N) is 1. The zero-order valence-electron chi connectivity index (χ0n) is 12.0. The van der Waals surface area contributed by atoms with Gasteiger partial charge >= 0.3 is 5.97 Å². The number of esters is 1. The van der Waals surface area contributed by atoms with Crippen molar-refractivity contribution in [1.82, 2.24) is 9.97 Å². The van der Waals surface area contributed by atoms with Crippen LogP contribution in [-0.2, 0) is 4.74 Å². The number of carbonyl (C=O) groups is 1. The summed E-state index contributed by atoms with van der Waals surface area (Å²) < 4.78 is 17.6. The van der Waals surface area contributed by atoms with Crippen LogP contribution < -0.4 is 0 Å². The highest BCUT2D eigenvalue weighted by Crippen LogP contribution is 2.21. The first-order valence-electron chi connectivity index (χ1n) is 7.00. The molecular formula is C17H15FN2O2. The molecule has 4 nitrogen and oxygen atoms in total. The average molecular weight is 298 g/mol. The van der Waals surface area contributed by atoms with Gasteiger partial charge in [0.2, 0.25) is 0 Å². The van der Waals surface area contributed by atoms with E-state index < -0.39 is 12.1 Å². The number of H-pyrrole nitrogens is 1. The van der Waals surface area contributed by atoms with Crippen molar-refractivity contribution in [3.05, 3.63) is 54.1 Å². The van der Waals surface area contributed by atoms with E-state index in [4.69, 9.17) is 4.74 Å². The molecule has 1 heterocycles. The molecule has 1 aromatic heterocycles. The number of ether oxygens (including phenoxy) is 1. The smallest absolute Gasteiger partial charge is 0.338 e. The molecule has 1 unspecified atom stereocenters. The topological polar surface area (TPSA) is 55.0 Å².